The number of carbonyl (C=O) groups excluding carboxylic acids is 2. The van der Waals surface area contributed by atoms with Crippen molar-refractivity contribution in [1.29, 1.82) is 0 Å². The van der Waals surface area contributed by atoms with Gasteiger partial charge in [-0.25, -0.2) is 9.87 Å². The number of rotatable bonds is 4. The Hall–Kier alpha value is -2.20. The van der Waals surface area contributed by atoms with Gasteiger partial charge in [0, 0.05) is 5.56 Å². The van der Waals surface area contributed by atoms with Gasteiger partial charge in [-0.15, -0.1) is 0 Å². The maximum absolute atomic E-state index is 13.2. The fourth-order valence-electron chi connectivity index (χ4n) is 1.58. The molecule has 0 aliphatic rings. The second-order valence-corrected chi connectivity index (χ2v) is 4.39. The minimum absolute atomic E-state index is 0.212. The first kappa shape index (κ1) is 17.9. The lowest BCUT2D eigenvalue weighted by Gasteiger charge is -2.19. The molecule has 0 radical (unpaired) electrons. The van der Waals surface area contributed by atoms with E-state index in [1.54, 1.807) is 0 Å². The molecule has 1 aromatic carbocycles. The summed E-state index contributed by atoms with van der Waals surface area (Å²) in [4.78, 5) is 23.0. The normalized spacial score (nSPS) is 14.1. The van der Waals surface area contributed by atoms with Gasteiger partial charge in [-0.05, 0) is 25.1 Å². The summed E-state index contributed by atoms with van der Waals surface area (Å²) in [5.74, 6) is -3.70. The molecule has 0 aliphatic carbocycles. The molecule has 0 spiro atoms. The van der Waals surface area contributed by atoms with E-state index in [-0.39, 0.29) is 6.07 Å². The first-order chi connectivity index (χ1) is 10.1. The number of halogens is 4. The number of carbonyl (C=O) groups is 2. The molecule has 0 fully saturated rings. The Morgan fingerprint density at radius 3 is 2.27 bits per heavy atom. The minimum atomic E-state index is -4.86. The molecule has 6 nitrogen and oxygen atoms in total. The molecule has 122 valence electrons. The maximum atomic E-state index is 13.2. The third kappa shape index (κ3) is 4.40. The molecule has 0 unspecified atom stereocenters. The van der Waals surface area contributed by atoms with Crippen molar-refractivity contribution in [3.8, 4) is 0 Å². The minimum Gasteiger partial charge on any atom is -0.391 e. The Labute approximate surface area is 121 Å². The molecule has 0 aromatic heterocycles. The van der Waals surface area contributed by atoms with Gasteiger partial charge in [0.25, 0.3) is 11.8 Å². The molecule has 2 atom stereocenters. The summed E-state index contributed by atoms with van der Waals surface area (Å²) < 4.78 is 50.8. The number of aliphatic hydroxyl groups is 1. The monoisotopic (exact) mass is 324 g/mol. The highest BCUT2D eigenvalue weighted by molar-refractivity contribution is 5.97. The van der Waals surface area contributed by atoms with Crippen LogP contribution in [0, 0.1) is 5.82 Å². The van der Waals surface area contributed by atoms with Gasteiger partial charge in [0.05, 0.1) is 11.7 Å². The van der Waals surface area contributed by atoms with Gasteiger partial charge >= 0.3 is 6.18 Å². The molecule has 0 aliphatic heterocycles. The van der Waals surface area contributed by atoms with Crippen molar-refractivity contribution in [2.75, 3.05) is 0 Å². The highest BCUT2D eigenvalue weighted by atomic mass is 19.4. The highest BCUT2D eigenvalue weighted by Crippen LogP contribution is 2.30. The zero-order valence-corrected chi connectivity index (χ0v) is 11.1. The van der Waals surface area contributed by atoms with Crippen LogP contribution >= 0.6 is 0 Å². The van der Waals surface area contributed by atoms with Crippen LogP contribution in [0.1, 0.15) is 22.8 Å². The van der Waals surface area contributed by atoms with Crippen LogP contribution in [-0.4, -0.2) is 34.3 Å². The fourth-order valence-corrected chi connectivity index (χ4v) is 1.58. The van der Waals surface area contributed by atoms with Gasteiger partial charge in [0.15, 0.2) is 0 Å². The largest absolute Gasteiger partial charge is 0.416 e. The predicted octanol–water partition coefficient (Wildman–Crippen LogP) is 0.829. The molecule has 4 N–H and O–H groups in total. The van der Waals surface area contributed by atoms with Crippen LogP contribution < -0.4 is 10.8 Å². The van der Waals surface area contributed by atoms with Gasteiger partial charge in [-0.2, -0.15) is 13.2 Å². The van der Waals surface area contributed by atoms with Crippen LogP contribution in [0.2, 0.25) is 0 Å². The van der Waals surface area contributed by atoms with Crippen LogP contribution in [-0.2, 0) is 11.0 Å². The lowest BCUT2D eigenvalue weighted by atomic mass is 10.1. The highest BCUT2D eigenvalue weighted by Gasteiger charge is 2.32. The van der Waals surface area contributed by atoms with Crippen LogP contribution in [0.3, 0.4) is 0 Å². The first-order valence-corrected chi connectivity index (χ1v) is 5.87. The van der Waals surface area contributed by atoms with E-state index in [9.17, 15) is 32.3 Å². The van der Waals surface area contributed by atoms with Crippen molar-refractivity contribution >= 4 is 11.8 Å². The van der Waals surface area contributed by atoms with Gasteiger partial charge in [-0.3, -0.25) is 14.8 Å². The fraction of sp³-hybridized carbons (Fsp3) is 0.333. The third-order valence-electron chi connectivity index (χ3n) is 2.65. The lowest BCUT2D eigenvalue weighted by molar-refractivity contribution is -0.138. The first-order valence-electron chi connectivity index (χ1n) is 5.87. The molecule has 22 heavy (non-hydrogen) atoms. The maximum Gasteiger partial charge on any atom is 0.416 e. The van der Waals surface area contributed by atoms with Gasteiger partial charge in [0.2, 0.25) is 0 Å². The Morgan fingerprint density at radius 1 is 1.23 bits per heavy atom. The SMILES string of the molecule is C[C@@H](O)[C@H](NC(=O)c1cc(F)cc(C(F)(F)F)c1)C(=O)NO. The van der Waals surface area contributed by atoms with Gasteiger partial charge in [0.1, 0.15) is 11.9 Å². The number of hydroxylamine groups is 1. The average molecular weight is 324 g/mol. The third-order valence-corrected chi connectivity index (χ3v) is 2.65. The summed E-state index contributed by atoms with van der Waals surface area (Å²) in [5.41, 5.74) is -0.885. The second-order valence-electron chi connectivity index (χ2n) is 4.39. The number of nitrogens with one attached hydrogen (secondary N) is 2. The Balaban J connectivity index is 3.07. The summed E-state index contributed by atoms with van der Waals surface area (Å²) in [7, 11) is 0. The van der Waals surface area contributed by atoms with Crippen LogP contribution in [0.15, 0.2) is 18.2 Å². The standard InChI is InChI=1S/C12H12F4N2O4/c1-5(19)9(11(21)18-22)17-10(20)6-2-7(12(14,15)16)4-8(13)3-6/h2-5,9,19,22H,1H3,(H,17,20)(H,18,21)/t5-,9+/m1/s1. The van der Waals surface area contributed by atoms with E-state index in [4.69, 9.17) is 5.21 Å². The number of hydrogen-bond acceptors (Lipinski definition) is 4. The summed E-state index contributed by atoms with van der Waals surface area (Å²) in [6.07, 6.45) is -6.31. The van der Waals surface area contributed by atoms with Crippen LogP contribution in [0.25, 0.3) is 0 Å². The zero-order valence-electron chi connectivity index (χ0n) is 11.1. The van der Waals surface area contributed by atoms with E-state index in [1.807, 2.05) is 5.32 Å². The van der Waals surface area contributed by atoms with Crippen molar-refractivity contribution < 1.29 is 37.5 Å². The number of hydrogen-bond donors (Lipinski definition) is 4. The van der Waals surface area contributed by atoms with Gasteiger partial charge < -0.3 is 10.4 Å². The summed E-state index contributed by atoms with van der Waals surface area (Å²) >= 11 is 0. The summed E-state index contributed by atoms with van der Waals surface area (Å²) in [6, 6.07) is -0.478. The van der Waals surface area contributed by atoms with Crippen molar-refractivity contribution in [2.24, 2.45) is 0 Å². The van der Waals surface area contributed by atoms with Crippen molar-refractivity contribution in [3.05, 3.63) is 35.1 Å². The molecule has 0 saturated carbocycles. The van der Waals surface area contributed by atoms with E-state index in [0.29, 0.717) is 12.1 Å². The second kappa shape index (κ2) is 6.71. The molecule has 1 aromatic rings. The Bertz CT molecular complexity index is 575. The zero-order chi connectivity index (χ0) is 17.1. The summed E-state index contributed by atoms with van der Waals surface area (Å²) in [6.45, 7) is 1.10. The predicted molar refractivity (Wildman–Crippen MR) is 64.3 cm³/mol. The van der Waals surface area contributed by atoms with E-state index in [1.165, 1.54) is 5.48 Å². The van der Waals surface area contributed by atoms with E-state index in [0.717, 1.165) is 6.92 Å². The molecule has 0 saturated heterocycles. The molecule has 0 bridgehead atoms. The van der Waals surface area contributed by atoms with E-state index >= 15 is 0 Å². The molecule has 2 amide bonds. The van der Waals surface area contributed by atoms with Crippen LogP contribution in [0.4, 0.5) is 17.6 Å². The van der Waals surface area contributed by atoms with Crippen molar-refractivity contribution in [1.82, 2.24) is 10.8 Å². The molecule has 1 rings (SSSR count). The lowest BCUT2D eigenvalue weighted by Crippen LogP contribution is -2.51. The molecule has 0 heterocycles. The molecule has 10 heteroatoms. The van der Waals surface area contributed by atoms with Crippen molar-refractivity contribution in [3.63, 3.8) is 0 Å². The van der Waals surface area contributed by atoms with E-state index < -0.39 is 47.1 Å². The van der Waals surface area contributed by atoms with Gasteiger partial charge in [-0.1, -0.05) is 0 Å². The Kier molecular flexibility index (Phi) is 5.44. The number of aliphatic hydroxyl groups excluding tert-OH is 1. The Morgan fingerprint density at radius 2 is 1.82 bits per heavy atom. The van der Waals surface area contributed by atoms with E-state index in [2.05, 4.69) is 0 Å². The summed E-state index contributed by atoms with van der Waals surface area (Å²) in [5, 5.41) is 19.7. The topological polar surface area (TPSA) is 98.7 Å². The number of alkyl halides is 3. The molecular formula is C12H12F4N2O4. The smallest absolute Gasteiger partial charge is 0.391 e. The quantitative estimate of drug-likeness (QED) is 0.374. The van der Waals surface area contributed by atoms with Crippen LogP contribution in [0.5, 0.6) is 0 Å². The van der Waals surface area contributed by atoms with Crippen molar-refractivity contribution in [2.45, 2.75) is 25.2 Å². The number of benzene rings is 1. The molecular weight excluding hydrogens is 312 g/mol. The number of amides is 2. The average Bonchev–Trinajstić information content (AvgIpc) is 2.41.